The van der Waals surface area contributed by atoms with Crippen LogP contribution in [0.25, 0.3) is 0 Å². The van der Waals surface area contributed by atoms with Gasteiger partial charge in [0.1, 0.15) is 0 Å². The highest BCUT2D eigenvalue weighted by Gasteiger charge is 2.08. The van der Waals surface area contributed by atoms with E-state index in [1.807, 2.05) is 0 Å². The minimum absolute atomic E-state index is 0.830. The summed E-state index contributed by atoms with van der Waals surface area (Å²) in [6.07, 6.45) is 7.71. The molecule has 0 heterocycles. The summed E-state index contributed by atoms with van der Waals surface area (Å²) < 4.78 is 0. The number of hydrogen-bond donors (Lipinski definition) is 3. The van der Waals surface area contributed by atoms with Crippen LogP contribution >= 0.6 is 0 Å². The van der Waals surface area contributed by atoms with E-state index >= 15 is 0 Å². The molecule has 0 rings (SSSR count). The minimum Gasteiger partial charge on any atom is -0.315 e. The van der Waals surface area contributed by atoms with Crippen LogP contribution in [0.3, 0.4) is 0 Å². The van der Waals surface area contributed by atoms with Crippen LogP contribution in [-0.4, -0.2) is 63.8 Å². The quantitative estimate of drug-likeness (QED) is 0.251. The maximum Gasteiger partial charge on any atom is 0.0108 e. The zero-order valence-corrected chi connectivity index (χ0v) is 20.3. The maximum atomic E-state index is 3.69. The second kappa shape index (κ2) is 20.1. The molecule has 0 radical (unpaired) electrons. The standard InChI is InChI=1S/C24H54N4/c1-7-22(8-2)19-25-13-16-28(17-14-26-20-23(9-3)10-4)18-15-27-21-24(11-5)12-6/h22-27H,7-21H2,1-6H3. The third-order valence-corrected chi connectivity index (χ3v) is 6.58. The highest BCUT2D eigenvalue weighted by Crippen LogP contribution is 2.06. The van der Waals surface area contributed by atoms with E-state index in [2.05, 4.69) is 62.4 Å². The molecular weight excluding hydrogens is 344 g/mol. The van der Waals surface area contributed by atoms with Gasteiger partial charge in [0, 0.05) is 39.3 Å². The fourth-order valence-electron chi connectivity index (χ4n) is 3.70. The minimum atomic E-state index is 0.830. The molecule has 0 aliphatic rings. The van der Waals surface area contributed by atoms with Gasteiger partial charge in [0.05, 0.1) is 0 Å². The van der Waals surface area contributed by atoms with Gasteiger partial charge in [0.2, 0.25) is 0 Å². The first-order valence-corrected chi connectivity index (χ1v) is 12.5. The van der Waals surface area contributed by atoms with Gasteiger partial charge >= 0.3 is 0 Å². The number of rotatable bonds is 21. The Kier molecular flexibility index (Phi) is 20.0. The molecule has 4 nitrogen and oxygen atoms in total. The highest BCUT2D eigenvalue weighted by molar-refractivity contribution is 4.67. The second-order valence-corrected chi connectivity index (χ2v) is 8.50. The summed E-state index contributed by atoms with van der Waals surface area (Å²) in [4.78, 5) is 2.62. The van der Waals surface area contributed by atoms with Crippen molar-refractivity contribution in [3.05, 3.63) is 0 Å². The van der Waals surface area contributed by atoms with E-state index in [4.69, 9.17) is 0 Å². The zero-order valence-electron chi connectivity index (χ0n) is 20.3. The zero-order chi connectivity index (χ0) is 21.0. The van der Waals surface area contributed by atoms with Crippen molar-refractivity contribution in [1.29, 1.82) is 0 Å². The van der Waals surface area contributed by atoms with E-state index in [-0.39, 0.29) is 0 Å². The summed E-state index contributed by atoms with van der Waals surface area (Å²) >= 11 is 0. The summed E-state index contributed by atoms with van der Waals surface area (Å²) in [6.45, 7) is 24.1. The maximum absolute atomic E-state index is 3.69. The molecule has 0 bridgehead atoms. The molecule has 4 heteroatoms. The average molecular weight is 399 g/mol. The Morgan fingerprint density at radius 2 is 0.714 bits per heavy atom. The Bertz CT molecular complexity index is 251. The van der Waals surface area contributed by atoms with Crippen molar-refractivity contribution in [1.82, 2.24) is 20.9 Å². The van der Waals surface area contributed by atoms with Gasteiger partial charge in [-0.2, -0.15) is 0 Å². The lowest BCUT2D eigenvalue weighted by atomic mass is 10.0. The summed E-state index contributed by atoms with van der Waals surface area (Å²) in [7, 11) is 0. The van der Waals surface area contributed by atoms with Crippen LogP contribution in [0, 0.1) is 17.8 Å². The molecule has 0 unspecified atom stereocenters. The first-order chi connectivity index (χ1) is 13.6. The Morgan fingerprint density at radius 3 is 0.929 bits per heavy atom. The summed E-state index contributed by atoms with van der Waals surface area (Å²) in [5.74, 6) is 2.49. The normalized spacial score (nSPS) is 12.2. The van der Waals surface area contributed by atoms with Crippen molar-refractivity contribution in [2.24, 2.45) is 17.8 Å². The lowest BCUT2D eigenvalue weighted by Gasteiger charge is -2.25. The smallest absolute Gasteiger partial charge is 0.0108 e. The molecule has 0 aromatic carbocycles. The lowest BCUT2D eigenvalue weighted by Crippen LogP contribution is -2.42. The van der Waals surface area contributed by atoms with Gasteiger partial charge in [-0.3, -0.25) is 4.90 Å². The monoisotopic (exact) mass is 398 g/mol. The summed E-state index contributed by atoms with van der Waals surface area (Å²) in [6, 6.07) is 0. The van der Waals surface area contributed by atoms with Gasteiger partial charge < -0.3 is 16.0 Å². The third-order valence-electron chi connectivity index (χ3n) is 6.58. The molecule has 0 spiro atoms. The highest BCUT2D eigenvalue weighted by atomic mass is 15.2. The first-order valence-electron chi connectivity index (χ1n) is 12.5. The molecule has 0 saturated heterocycles. The molecule has 0 saturated carbocycles. The van der Waals surface area contributed by atoms with Crippen molar-refractivity contribution in [2.45, 2.75) is 80.1 Å². The molecule has 0 atom stereocenters. The SMILES string of the molecule is CCC(CC)CNCCN(CCNCC(CC)CC)CCNCC(CC)CC. The van der Waals surface area contributed by atoms with E-state index in [0.717, 1.165) is 57.0 Å². The van der Waals surface area contributed by atoms with E-state index in [0.29, 0.717) is 0 Å². The van der Waals surface area contributed by atoms with Crippen molar-refractivity contribution in [2.75, 3.05) is 58.9 Å². The molecule has 0 aliphatic carbocycles. The largest absolute Gasteiger partial charge is 0.315 e. The van der Waals surface area contributed by atoms with Crippen molar-refractivity contribution in [3.63, 3.8) is 0 Å². The van der Waals surface area contributed by atoms with E-state index < -0.39 is 0 Å². The fourth-order valence-corrected chi connectivity index (χ4v) is 3.70. The van der Waals surface area contributed by atoms with Crippen LogP contribution in [0.1, 0.15) is 80.1 Å². The van der Waals surface area contributed by atoms with Gasteiger partial charge in [0.25, 0.3) is 0 Å². The van der Waals surface area contributed by atoms with E-state index in [1.54, 1.807) is 0 Å². The molecule has 0 aromatic rings. The lowest BCUT2D eigenvalue weighted by molar-refractivity contribution is 0.263. The second-order valence-electron chi connectivity index (χ2n) is 8.50. The van der Waals surface area contributed by atoms with Crippen LogP contribution in [-0.2, 0) is 0 Å². The summed E-state index contributed by atoms with van der Waals surface area (Å²) in [5.41, 5.74) is 0. The first kappa shape index (κ1) is 27.8. The molecule has 0 aliphatic heterocycles. The van der Waals surface area contributed by atoms with Gasteiger partial charge in [-0.05, 0) is 37.4 Å². The van der Waals surface area contributed by atoms with Crippen molar-refractivity contribution >= 4 is 0 Å². The predicted octanol–water partition coefficient (Wildman–Crippen LogP) is 4.37. The van der Waals surface area contributed by atoms with Crippen molar-refractivity contribution in [3.8, 4) is 0 Å². The van der Waals surface area contributed by atoms with Crippen LogP contribution in [0.5, 0.6) is 0 Å². The Labute approximate surface area is 178 Å². The van der Waals surface area contributed by atoms with Gasteiger partial charge in [0.15, 0.2) is 0 Å². The van der Waals surface area contributed by atoms with Gasteiger partial charge in [-0.15, -0.1) is 0 Å². The van der Waals surface area contributed by atoms with Crippen LogP contribution in [0.4, 0.5) is 0 Å². The molecule has 28 heavy (non-hydrogen) atoms. The number of nitrogens with zero attached hydrogens (tertiary/aromatic N) is 1. The third kappa shape index (κ3) is 14.8. The molecule has 0 amide bonds. The van der Waals surface area contributed by atoms with Crippen LogP contribution < -0.4 is 16.0 Å². The van der Waals surface area contributed by atoms with Gasteiger partial charge in [-0.25, -0.2) is 0 Å². The van der Waals surface area contributed by atoms with Crippen LogP contribution in [0.15, 0.2) is 0 Å². The molecule has 0 fully saturated rings. The Balaban J connectivity index is 4.17. The Morgan fingerprint density at radius 1 is 0.464 bits per heavy atom. The average Bonchev–Trinajstić information content (AvgIpc) is 2.73. The molecular formula is C24H54N4. The molecule has 3 N–H and O–H groups in total. The predicted molar refractivity (Wildman–Crippen MR) is 127 cm³/mol. The molecule has 170 valence electrons. The topological polar surface area (TPSA) is 39.3 Å². The van der Waals surface area contributed by atoms with Gasteiger partial charge in [-0.1, -0.05) is 80.1 Å². The van der Waals surface area contributed by atoms with Crippen molar-refractivity contribution < 1.29 is 0 Å². The van der Waals surface area contributed by atoms with E-state index in [1.165, 1.54) is 58.2 Å². The van der Waals surface area contributed by atoms with Crippen LogP contribution in [0.2, 0.25) is 0 Å². The van der Waals surface area contributed by atoms with E-state index in [9.17, 15) is 0 Å². The fraction of sp³-hybridized carbons (Fsp3) is 1.00. The Hall–Kier alpha value is -0.160. The summed E-state index contributed by atoms with van der Waals surface area (Å²) in [5, 5.41) is 11.1. The molecule has 0 aromatic heterocycles. The number of hydrogen-bond acceptors (Lipinski definition) is 4. The number of nitrogens with one attached hydrogen (secondary N) is 3.